The third-order valence-electron chi connectivity index (χ3n) is 3.39. The number of nitrogens with one attached hydrogen (secondary N) is 1. The van der Waals surface area contributed by atoms with Gasteiger partial charge in [-0.15, -0.1) is 0 Å². The molecule has 2 aromatic rings. The van der Waals surface area contributed by atoms with Crippen LogP contribution >= 0.6 is 12.2 Å². The van der Waals surface area contributed by atoms with Gasteiger partial charge in [-0.1, -0.05) is 30.3 Å². The summed E-state index contributed by atoms with van der Waals surface area (Å²) in [4.78, 5) is 1.93. The number of benzene rings is 2. The van der Waals surface area contributed by atoms with Gasteiger partial charge in [0, 0.05) is 13.6 Å². The molecule has 2 aromatic carbocycles. The summed E-state index contributed by atoms with van der Waals surface area (Å²) in [5.74, 6) is 0.390. The molecule has 5 heteroatoms. The first-order valence-electron chi connectivity index (χ1n) is 7.56. The van der Waals surface area contributed by atoms with Crippen LogP contribution in [0.1, 0.15) is 5.56 Å². The number of thiocarbonyl (C=S) groups is 1. The zero-order valence-corrected chi connectivity index (χ0v) is 14.0. The number of rotatable bonds is 7. The molecule has 0 radical (unpaired) electrons. The van der Waals surface area contributed by atoms with E-state index in [9.17, 15) is 4.39 Å². The highest BCUT2D eigenvalue weighted by Crippen LogP contribution is 2.10. The van der Waals surface area contributed by atoms with Crippen molar-refractivity contribution >= 4 is 17.3 Å². The van der Waals surface area contributed by atoms with Crippen molar-refractivity contribution in [1.82, 2.24) is 10.2 Å². The molecule has 0 atom stereocenters. The Morgan fingerprint density at radius 1 is 1.13 bits per heavy atom. The van der Waals surface area contributed by atoms with Crippen molar-refractivity contribution in [2.24, 2.45) is 0 Å². The molecule has 0 heterocycles. The van der Waals surface area contributed by atoms with Gasteiger partial charge >= 0.3 is 0 Å². The van der Waals surface area contributed by atoms with Gasteiger partial charge in [0.25, 0.3) is 0 Å². The van der Waals surface area contributed by atoms with Gasteiger partial charge in [-0.25, -0.2) is 4.39 Å². The topological polar surface area (TPSA) is 24.5 Å². The van der Waals surface area contributed by atoms with Gasteiger partial charge in [0.15, 0.2) is 5.11 Å². The fourth-order valence-corrected chi connectivity index (χ4v) is 2.22. The molecular weight excluding hydrogens is 311 g/mol. The van der Waals surface area contributed by atoms with Crippen molar-refractivity contribution in [1.29, 1.82) is 0 Å². The lowest BCUT2D eigenvalue weighted by molar-refractivity contribution is 0.283. The van der Waals surface area contributed by atoms with Crippen LogP contribution < -0.4 is 10.1 Å². The van der Waals surface area contributed by atoms with Crippen LogP contribution in [0.15, 0.2) is 54.6 Å². The lowest BCUT2D eigenvalue weighted by atomic mass is 10.1. The number of ether oxygens (including phenoxy) is 1. The molecule has 122 valence electrons. The normalized spacial score (nSPS) is 10.2. The first-order chi connectivity index (χ1) is 11.1. The Bertz CT molecular complexity index is 604. The Labute approximate surface area is 142 Å². The van der Waals surface area contributed by atoms with Crippen LogP contribution in [-0.4, -0.2) is 36.8 Å². The minimum Gasteiger partial charge on any atom is -0.492 e. The van der Waals surface area contributed by atoms with Gasteiger partial charge in [0.2, 0.25) is 0 Å². The van der Waals surface area contributed by atoms with Crippen molar-refractivity contribution in [2.75, 3.05) is 26.7 Å². The van der Waals surface area contributed by atoms with Crippen LogP contribution in [0.5, 0.6) is 5.75 Å². The Morgan fingerprint density at radius 3 is 2.52 bits per heavy atom. The Morgan fingerprint density at radius 2 is 1.83 bits per heavy atom. The molecule has 0 unspecified atom stereocenters. The summed E-state index contributed by atoms with van der Waals surface area (Å²) in [5.41, 5.74) is 1.28. The van der Waals surface area contributed by atoms with E-state index in [1.807, 2.05) is 30.1 Å². The molecule has 0 aromatic heterocycles. The molecule has 23 heavy (non-hydrogen) atoms. The van der Waals surface area contributed by atoms with Gasteiger partial charge in [0.05, 0.1) is 6.54 Å². The van der Waals surface area contributed by atoms with E-state index in [2.05, 4.69) is 17.4 Å². The predicted octanol–water partition coefficient (Wildman–Crippen LogP) is 3.25. The molecular formula is C18H21FN2OS. The maximum atomic E-state index is 12.8. The molecule has 2 rings (SSSR count). The van der Waals surface area contributed by atoms with Gasteiger partial charge in [-0.3, -0.25) is 0 Å². The van der Waals surface area contributed by atoms with E-state index in [-0.39, 0.29) is 5.82 Å². The molecule has 0 fully saturated rings. The number of nitrogens with zero attached hydrogens (tertiary/aromatic N) is 1. The fourth-order valence-electron chi connectivity index (χ4n) is 2.03. The second-order valence-corrected chi connectivity index (χ2v) is 5.58. The zero-order valence-electron chi connectivity index (χ0n) is 13.2. The van der Waals surface area contributed by atoms with Crippen LogP contribution in [0.3, 0.4) is 0 Å². The molecule has 0 spiro atoms. The van der Waals surface area contributed by atoms with Gasteiger partial charge in [0.1, 0.15) is 18.2 Å². The van der Waals surface area contributed by atoms with Crippen molar-refractivity contribution < 1.29 is 9.13 Å². The van der Waals surface area contributed by atoms with Crippen LogP contribution in [0.2, 0.25) is 0 Å². The Hall–Kier alpha value is -2.14. The molecule has 0 saturated carbocycles. The highest BCUT2D eigenvalue weighted by Gasteiger charge is 2.04. The van der Waals surface area contributed by atoms with E-state index in [4.69, 9.17) is 17.0 Å². The van der Waals surface area contributed by atoms with Gasteiger partial charge in [-0.05, 0) is 48.5 Å². The number of likely N-dealkylation sites (N-methyl/N-ethyl adjacent to an activating group) is 1. The van der Waals surface area contributed by atoms with E-state index >= 15 is 0 Å². The van der Waals surface area contributed by atoms with Crippen LogP contribution in [0, 0.1) is 5.82 Å². The highest BCUT2D eigenvalue weighted by molar-refractivity contribution is 7.80. The Balaban J connectivity index is 1.63. The van der Waals surface area contributed by atoms with Crippen molar-refractivity contribution in [3.8, 4) is 5.75 Å². The van der Waals surface area contributed by atoms with Crippen LogP contribution in [0.25, 0.3) is 0 Å². The second kappa shape index (κ2) is 9.10. The highest BCUT2D eigenvalue weighted by atomic mass is 32.1. The summed E-state index contributed by atoms with van der Waals surface area (Å²) in [6.07, 6.45) is 0.931. The van der Waals surface area contributed by atoms with E-state index in [0.717, 1.165) is 13.0 Å². The average Bonchev–Trinajstić information content (AvgIpc) is 2.57. The summed E-state index contributed by atoms with van der Waals surface area (Å²) >= 11 is 5.35. The smallest absolute Gasteiger partial charge is 0.168 e. The monoisotopic (exact) mass is 332 g/mol. The van der Waals surface area contributed by atoms with Crippen molar-refractivity contribution in [3.05, 3.63) is 66.0 Å². The van der Waals surface area contributed by atoms with Crippen molar-refractivity contribution in [2.45, 2.75) is 6.42 Å². The molecule has 0 bridgehead atoms. The van der Waals surface area contributed by atoms with E-state index in [1.54, 1.807) is 12.1 Å². The Kier molecular flexibility index (Phi) is 6.81. The summed E-state index contributed by atoms with van der Waals surface area (Å²) in [7, 11) is 1.92. The minimum atomic E-state index is -0.265. The zero-order chi connectivity index (χ0) is 16.5. The standard InChI is InChI=1S/C18H21FN2OS/c1-21(13-14-22-17-9-7-16(19)8-10-17)18(23)20-12-11-15-5-3-2-4-6-15/h2-10H,11-14H2,1H3,(H,20,23). The fraction of sp³-hybridized carbons (Fsp3) is 0.278. The average molecular weight is 332 g/mol. The molecule has 3 nitrogen and oxygen atoms in total. The quantitative estimate of drug-likeness (QED) is 0.787. The lowest BCUT2D eigenvalue weighted by Gasteiger charge is -2.21. The van der Waals surface area contributed by atoms with Gasteiger partial charge in [-0.2, -0.15) is 0 Å². The van der Waals surface area contributed by atoms with E-state index in [1.165, 1.54) is 17.7 Å². The lowest BCUT2D eigenvalue weighted by Crippen LogP contribution is -2.39. The number of halogens is 1. The van der Waals surface area contributed by atoms with Crippen LogP contribution in [-0.2, 0) is 6.42 Å². The summed E-state index contributed by atoms with van der Waals surface area (Å²) in [6, 6.07) is 16.3. The van der Waals surface area contributed by atoms with E-state index < -0.39 is 0 Å². The summed E-state index contributed by atoms with van der Waals surface area (Å²) in [5, 5.41) is 3.94. The van der Waals surface area contributed by atoms with Crippen LogP contribution in [0.4, 0.5) is 4.39 Å². The van der Waals surface area contributed by atoms with Gasteiger partial charge < -0.3 is 15.0 Å². The SMILES string of the molecule is CN(CCOc1ccc(F)cc1)C(=S)NCCc1ccccc1. The number of hydrogen-bond acceptors (Lipinski definition) is 2. The molecule has 0 aliphatic rings. The summed E-state index contributed by atoms with van der Waals surface area (Å²) < 4.78 is 18.4. The largest absolute Gasteiger partial charge is 0.492 e. The van der Waals surface area contributed by atoms with Crippen molar-refractivity contribution in [3.63, 3.8) is 0 Å². The third-order valence-corrected chi connectivity index (χ3v) is 3.84. The summed E-state index contributed by atoms with van der Waals surface area (Å²) in [6.45, 7) is 1.95. The third kappa shape index (κ3) is 6.24. The predicted molar refractivity (Wildman–Crippen MR) is 95.3 cm³/mol. The molecule has 0 aliphatic carbocycles. The maximum Gasteiger partial charge on any atom is 0.168 e. The molecule has 0 amide bonds. The first-order valence-corrected chi connectivity index (χ1v) is 7.97. The second-order valence-electron chi connectivity index (χ2n) is 5.19. The maximum absolute atomic E-state index is 12.8. The van der Waals surface area contributed by atoms with E-state index in [0.29, 0.717) is 24.0 Å². The minimum absolute atomic E-state index is 0.265. The molecule has 1 N–H and O–H groups in total. The number of hydrogen-bond donors (Lipinski definition) is 1. The first kappa shape index (κ1) is 17.2. The molecule has 0 saturated heterocycles. The molecule has 0 aliphatic heterocycles.